The topological polar surface area (TPSA) is 71.9 Å². The van der Waals surface area contributed by atoms with Crippen LogP contribution in [0.4, 0.5) is 15.8 Å². The van der Waals surface area contributed by atoms with Gasteiger partial charge in [-0.15, -0.1) is 0 Å². The minimum absolute atomic E-state index is 0.0658. The number of carbonyl (C=O) groups is 2. The minimum atomic E-state index is -0.491. The summed E-state index contributed by atoms with van der Waals surface area (Å²) in [5, 5.41) is 5.31. The van der Waals surface area contributed by atoms with Crippen LogP contribution in [0, 0.1) is 5.82 Å². The molecule has 0 spiro atoms. The maximum atomic E-state index is 13.6. The van der Waals surface area contributed by atoms with E-state index in [0.29, 0.717) is 18.0 Å². The molecule has 138 valence electrons. The molecule has 0 heterocycles. The number of anilines is 2. The van der Waals surface area contributed by atoms with E-state index in [1.807, 2.05) is 6.92 Å². The molecule has 3 N–H and O–H groups in total. The molecule has 6 nitrogen and oxygen atoms in total. The first-order chi connectivity index (χ1) is 12.5. The Labute approximate surface area is 152 Å². The Kier molecular flexibility index (Phi) is 7.11. The summed E-state index contributed by atoms with van der Waals surface area (Å²) < 4.78 is 18.7. The summed E-state index contributed by atoms with van der Waals surface area (Å²) in [6.45, 7) is 2.65. The highest BCUT2D eigenvalue weighted by Gasteiger charge is 2.17. The predicted octanol–water partition coefficient (Wildman–Crippen LogP) is 1.32. The molecule has 26 heavy (non-hydrogen) atoms. The zero-order valence-corrected chi connectivity index (χ0v) is 14.8. The number of likely N-dealkylation sites (N-methyl/N-ethyl adjacent to an activating group) is 1. The number of halogens is 1. The molecule has 2 aromatic carbocycles. The second kappa shape index (κ2) is 9.53. The quantitative estimate of drug-likeness (QED) is 0.665. The van der Waals surface area contributed by atoms with Crippen LogP contribution in [0.25, 0.3) is 0 Å². The fourth-order valence-electron chi connectivity index (χ4n) is 2.43. The summed E-state index contributed by atoms with van der Waals surface area (Å²) in [4.78, 5) is 25.1. The number of para-hydroxylation sites is 1. The molecular weight excluding hydrogens is 337 g/mol. The summed E-state index contributed by atoms with van der Waals surface area (Å²) >= 11 is 0. The van der Waals surface area contributed by atoms with Gasteiger partial charge in [-0.05, 0) is 31.2 Å². The maximum Gasteiger partial charge on any atom is 0.279 e. The van der Waals surface area contributed by atoms with Crippen molar-refractivity contribution in [3.8, 4) is 5.75 Å². The van der Waals surface area contributed by atoms with Crippen molar-refractivity contribution in [2.24, 2.45) is 0 Å². The van der Waals surface area contributed by atoms with Crippen LogP contribution in [-0.2, 0) is 9.59 Å². The molecular formula is C19H23FN3O3+. The number of rotatable bonds is 8. The number of hydrogen-bond donors (Lipinski definition) is 3. The zero-order chi connectivity index (χ0) is 18.9. The zero-order valence-electron chi connectivity index (χ0n) is 14.8. The van der Waals surface area contributed by atoms with Crippen molar-refractivity contribution in [2.45, 2.75) is 6.92 Å². The van der Waals surface area contributed by atoms with Gasteiger partial charge in [0.15, 0.2) is 13.1 Å². The van der Waals surface area contributed by atoms with Crippen LogP contribution in [0.1, 0.15) is 6.92 Å². The first-order valence-electron chi connectivity index (χ1n) is 8.33. The fraction of sp³-hybridized carbons (Fsp3) is 0.263. The molecule has 2 amide bonds. The number of methoxy groups -OCH3 is 1. The van der Waals surface area contributed by atoms with Crippen molar-refractivity contribution in [3.05, 3.63) is 54.3 Å². The number of carbonyl (C=O) groups excluding carboxylic acids is 2. The molecule has 0 fully saturated rings. The average Bonchev–Trinajstić information content (AvgIpc) is 2.63. The van der Waals surface area contributed by atoms with Gasteiger partial charge in [0.2, 0.25) is 0 Å². The highest BCUT2D eigenvalue weighted by Crippen LogP contribution is 2.16. The molecule has 0 aliphatic heterocycles. The first kappa shape index (κ1) is 19.4. The van der Waals surface area contributed by atoms with E-state index in [0.717, 1.165) is 4.90 Å². The monoisotopic (exact) mass is 360 g/mol. The van der Waals surface area contributed by atoms with E-state index >= 15 is 0 Å². The van der Waals surface area contributed by atoms with Crippen LogP contribution < -0.4 is 20.3 Å². The van der Waals surface area contributed by atoms with Crippen molar-refractivity contribution >= 4 is 23.2 Å². The average molecular weight is 360 g/mol. The number of ether oxygens (including phenoxy) is 1. The molecule has 0 bridgehead atoms. The second-order valence-corrected chi connectivity index (χ2v) is 5.77. The second-order valence-electron chi connectivity index (χ2n) is 5.77. The number of hydrogen-bond acceptors (Lipinski definition) is 3. The van der Waals surface area contributed by atoms with Gasteiger partial charge in [-0.25, -0.2) is 4.39 Å². The number of nitrogens with one attached hydrogen (secondary N) is 3. The summed E-state index contributed by atoms with van der Waals surface area (Å²) in [6.07, 6.45) is 0. The lowest BCUT2D eigenvalue weighted by atomic mass is 10.3. The maximum absolute atomic E-state index is 13.6. The Morgan fingerprint density at radius 3 is 2.38 bits per heavy atom. The number of amides is 2. The van der Waals surface area contributed by atoms with Crippen molar-refractivity contribution in [3.63, 3.8) is 0 Å². The molecule has 0 saturated carbocycles. The van der Waals surface area contributed by atoms with Crippen LogP contribution in [0.5, 0.6) is 5.75 Å². The van der Waals surface area contributed by atoms with E-state index in [9.17, 15) is 14.0 Å². The smallest absolute Gasteiger partial charge is 0.279 e. The molecule has 0 aromatic heterocycles. The van der Waals surface area contributed by atoms with E-state index in [-0.39, 0.29) is 30.6 Å². The molecule has 0 radical (unpaired) electrons. The van der Waals surface area contributed by atoms with Crippen molar-refractivity contribution in [1.82, 2.24) is 0 Å². The van der Waals surface area contributed by atoms with Crippen LogP contribution in [0.2, 0.25) is 0 Å². The summed E-state index contributed by atoms with van der Waals surface area (Å²) in [6, 6.07) is 13.0. The lowest BCUT2D eigenvalue weighted by Crippen LogP contribution is -3.13. The summed E-state index contributed by atoms with van der Waals surface area (Å²) in [5.74, 6) is -0.406. The van der Waals surface area contributed by atoms with E-state index in [4.69, 9.17) is 4.74 Å². The van der Waals surface area contributed by atoms with E-state index in [1.165, 1.54) is 12.1 Å². The summed E-state index contributed by atoms with van der Waals surface area (Å²) in [7, 11) is 1.55. The van der Waals surface area contributed by atoms with Gasteiger partial charge < -0.3 is 20.3 Å². The Morgan fingerprint density at radius 2 is 1.73 bits per heavy atom. The van der Waals surface area contributed by atoms with Gasteiger partial charge in [0, 0.05) is 11.8 Å². The third-order valence-electron chi connectivity index (χ3n) is 3.82. The minimum Gasteiger partial charge on any atom is -0.497 e. The van der Waals surface area contributed by atoms with Gasteiger partial charge in [0.05, 0.1) is 19.3 Å². The molecule has 0 aliphatic carbocycles. The normalized spacial score (nSPS) is 11.5. The fourth-order valence-corrected chi connectivity index (χ4v) is 2.43. The van der Waals surface area contributed by atoms with E-state index in [2.05, 4.69) is 10.6 Å². The van der Waals surface area contributed by atoms with Crippen molar-refractivity contribution < 1.29 is 23.6 Å². The SMILES string of the molecule is CC[NH+](CC(=O)Nc1cccc(OC)c1)CC(=O)Nc1ccccc1F. The predicted molar refractivity (Wildman–Crippen MR) is 97.9 cm³/mol. The number of benzene rings is 2. The van der Waals surface area contributed by atoms with Gasteiger partial charge in [-0.3, -0.25) is 9.59 Å². The van der Waals surface area contributed by atoms with E-state index < -0.39 is 5.82 Å². The van der Waals surface area contributed by atoms with Gasteiger partial charge in [-0.1, -0.05) is 18.2 Å². The lowest BCUT2D eigenvalue weighted by Gasteiger charge is -2.17. The molecule has 1 atom stereocenters. The van der Waals surface area contributed by atoms with Crippen molar-refractivity contribution in [1.29, 1.82) is 0 Å². The van der Waals surface area contributed by atoms with Crippen LogP contribution in [-0.4, -0.2) is 38.6 Å². The third-order valence-corrected chi connectivity index (χ3v) is 3.82. The molecule has 0 saturated heterocycles. The Balaban J connectivity index is 1.88. The first-order valence-corrected chi connectivity index (χ1v) is 8.33. The molecule has 2 aromatic rings. The van der Waals surface area contributed by atoms with Crippen molar-refractivity contribution in [2.75, 3.05) is 37.4 Å². The highest BCUT2D eigenvalue weighted by molar-refractivity contribution is 5.93. The summed E-state index contributed by atoms with van der Waals surface area (Å²) in [5.41, 5.74) is 0.759. The van der Waals surface area contributed by atoms with Gasteiger partial charge >= 0.3 is 0 Å². The molecule has 0 aliphatic rings. The largest absolute Gasteiger partial charge is 0.497 e. The third kappa shape index (κ3) is 5.86. The lowest BCUT2D eigenvalue weighted by molar-refractivity contribution is -0.881. The van der Waals surface area contributed by atoms with Crippen LogP contribution >= 0.6 is 0 Å². The standard InChI is InChI=1S/C19H22FN3O3/c1-3-23(13-19(25)22-17-10-5-4-9-16(17)20)12-18(24)21-14-7-6-8-15(11-14)26-2/h4-11H,3,12-13H2,1-2H3,(H,21,24)(H,22,25)/p+1. The molecule has 1 unspecified atom stereocenters. The van der Waals surface area contributed by atoms with Crippen LogP contribution in [0.3, 0.4) is 0 Å². The van der Waals surface area contributed by atoms with E-state index in [1.54, 1.807) is 43.5 Å². The number of quaternary nitrogens is 1. The van der Waals surface area contributed by atoms with Gasteiger partial charge in [0.25, 0.3) is 11.8 Å². The molecule has 2 rings (SSSR count). The van der Waals surface area contributed by atoms with Crippen LogP contribution in [0.15, 0.2) is 48.5 Å². The Morgan fingerprint density at radius 1 is 1.04 bits per heavy atom. The van der Waals surface area contributed by atoms with Gasteiger partial charge in [0.1, 0.15) is 11.6 Å². The Hall–Kier alpha value is -2.93. The molecule has 7 heteroatoms. The Bertz CT molecular complexity index is 767. The highest BCUT2D eigenvalue weighted by atomic mass is 19.1. The van der Waals surface area contributed by atoms with Gasteiger partial charge in [-0.2, -0.15) is 0 Å².